The van der Waals surface area contributed by atoms with Crippen LogP contribution in [0.5, 0.6) is 5.75 Å². The maximum absolute atomic E-state index is 13.6. The van der Waals surface area contributed by atoms with Crippen LogP contribution in [-0.4, -0.2) is 11.0 Å². The Labute approximate surface area is 184 Å². The van der Waals surface area contributed by atoms with E-state index in [0.717, 1.165) is 15.8 Å². The smallest absolute Gasteiger partial charge is 0.313 e. The zero-order chi connectivity index (χ0) is 22.3. The molecule has 0 saturated carbocycles. The van der Waals surface area contributed by atoms with Gasteiger partial charge in [0.1, 0.15) is 22.1 Å². The number of nitrogens with zero attached hydrogens (tertiary/aromatic N) is 1. The molecule has 0 aliphatic rings. The number of thiazole rings is 1. The van der Waals surface area contributed by atoms with Gasteiger partial charge in [0, 0.05) is 12.0 Å². The van der Waals surface area contributed by atoms with E-state index in [9.17, 15) is 9.59 Å². The molecule has 0 bridgehead atoms. The fraction of sp³-hybridized carbons (Fsp3) is 0.320. The molecule has 0 unspecified atom stereocenters. The highest BCUT2D eigenvalue weighted by atomic mass is 32.1. The fourth-order valence-corrected chi connectivity index (χ4v) is 4.48. The first-order valence-corrected chi connectivity index (χ1v) is 11.3. The SMILES string of the molecule is CCc1cc2c(=O)c(-c3nc4ccccc4s3)c(C(C)C)oc2cc1OC(=O)C(C)C. The minimum atomic E-state index is -0.313. The van der Waals surface area contributed by atoms with E-state index in [1.807, 2.05) is 45.0 Å². The Balaban J connectivity index is 1.97. The standard InChI is InChI=1S/C25H25NO4S/c1-6-15-11-16-19(12-18(15)30-25(28)14(4)5)29-23(13(2)3)21(22(16)27)24-26-17-9-7-8-10-20(17)31-24/h7-14H,6H2,1-5H3. The Morgan fingerprint density at radius 3 is 2.55 bits per heavy atom. The minimum Gasteiger partial charge on any atom is -0.460 e. The van der Waals surface area contributed by atoms with Crippen molar-refractivity contribution < 1.29 is 13.9 Å². The fourth-order valence-electron chi connectivity index (χ4n) is 3.47. The zero-order valence-electron chi connectivity index (χ0n) is 18.3. The quantitative estimate of drug-likeness (QED) is 0.271. The Morgan fingerprint density at radius 1 is 1.16 bits per heavy atom. The average molecular weight is 436 g/mol. The van der Waals surface area contributed by atoms with Gasteiger partial charge in [0.15, 0.2) is 0 Å². The first-order chi connectivity index (χ1) is 14.8. The van der Waals surface area contributed by atoms with Crippen molar-refractivity contribution in [2.75, 3.05) is 0 Å². The molecular weight excluding hydrogens is 410 g/mol. The number of hydrogen-bond acceptors (Lipinski definition) is 6. The van der Waals surface area contributed by atoms with E-state index in [2.05, 4.69) is 0 Å². The molecule has 0 spiro atoms. The molecule has 2 aromatic heterocycles. The second-order valence-corrected chi connectivity index (χ2v) is 9.23. The van der Waals surface area contributed by atoms with Gasteiger partial charge in [0.25, 0.3) is 0 Å². The lowest BCUT2D eigenvalue weighted by Crippen LogP contribution is -2.16. The summed E-state index contributed by atoms with van der Waals surface area (Å²) in [5.41, 5.74) is 2.48. The molecule has 5 nitrogen and oxygen atoms in total. The van der Waals surface area contributed by atoms with Crippen LogP contribution in [0, 0.1) is 5.92 Å². The van der Waals surface area contributed by atoms with E-state index >= 15 is 0 Å². The number of fused-ring (bicyclic) bond motifs is 2. The van der Waals surface area contributed by atoms with Crippen LogP contribution in [0.25, 0.3) is 31.8 Å². The van der Waals surface area contributed by atoms with Crippen molar-refractivity contribution in [1.29, 1.82) is 0 Å². The van der Waals surface area contributed by atoms with Gasteiger partial charge >= 0.3 is 5.97 Å². The predicted octanol–water partition coefficient (Wildman–Crippen LogP) is 6.32. The van der Waals surface area contributed by atoms with Gasteiger partial charge in [-0.15, -0.1) is 11.3 Å². The maximum Gasteiger partial charge on any atom is 0.313 e. The lowest BCUT2D eigenvalue weighted by atomic mass is 10.0. The van der Waals surface area contributed by atoms with Crippen LogP contribution in [0.3, 0.4) is 0 Å². The van der Waals surface area contributed by atoms with Gasteiger partial charge in [-0.1, -0.05) is 46.8 Å². The van der Waals surface area contributed by atoms with Crippen molar-refractivity contribution in [3.05, 3.63) is 57.9 Å². The summed E-state index contributed by atoms with van der Waals surface area (Å²) >= 11 is 1.49. The highest BCUT2D eigenvalue weighted by Crippen LogP contribution is 2.36. The van der Waals surface area contributed by atoms with Crippen LogP contribution >= 0.6 is 11.3 Å². The number of ether oxygens (including phenoxy) is 1. The van der Waals surface area contributed by atoms with E-state index < -0.39 is 0 Å². The lowest BCUT2D eigenvalue weighted by Gasteiger charge is -2.14. The van der Waals surface area contributed by atoms with Crippen LogP contribution in [-0.2, 0) is 11.2 Å². The molecule has 2 aromatic carbocycles. The molecule has 0 aliphatic carbocycles. The molecule has 4 aromatic rings. The number of carbonyl (C=O) groups excluding carboxylic acids is 1. The van der Waals surface area contributed by atoms with Crippen molar-refractivity contribution in [3.8, 4) is 16.3 Å². The predicted molar refractivity (Wildman–Crippen MR) is 125 cm³/mol. The molecule has 0 N–H and O–H groups in total. The summed E-state index contributed by atoms with van der Waals surface area (Å²) in [6, 6.07) is 11.3. The van der Waals surface area contributed by atoms with Crippen LogP contribution in [0.2, 0.25) is 0 Å². The second kappa shape index (κ2) is 8.27. The van der Waals surface area contributed by atoms with Crippen molar-refractivity contribution in [2.45, 2.75) is 47.0 Å². The number of aryl methyl sites for hydroxylation is 1. The molecule has 0 amide bonds. The number of rotatable bonds is 5. The summed E-state index contributed by atoms with van der Waals surface area (Å²) in [6.45, 7) is 9.51. The zero-order valence-corrected chi connectivity index (χ0v) is 19.1. The Bertz CT molecular complexity index is 1310. The van der Waals surface area contributed by atoms with Crippen molar-refractivity contribution >= 4 is 38.5 Å². The van der Waals surface area contributed by atoms with Crippen molar-refractivity contribution in [2.24, 2.45) is 5.92 Å². The van der Waals surface area contributed by atoms with Crippen LogP contribution in [0.1, 0.15) is 51.9 Å². The first kappa shape index (κ1) is 21.2. The Hall–Kier alpha value is -2.99. The van der Waals surface area contributed by atoms with E-state index in [-0.39, 0.29) is 23.2 Å². The molecule has 2 heterocycles. The topological polar surface area (TPSA) is 69.4 Å². The Morgan fingerprint density at radius 2 is 1.90 bits per heavy atom. The minimum absolute atomic E-state index is 0.0216. The monoisotopic (exact) mass is 435 g/mol. The summed E-state index contributed by atoms with van der Waals surface area (Å²) in [4.78, 5) is 30.5. The molecule has 31 heavy (non-hydrogen) atoms. The first-order valence-electron chi connectivity index (χ1n) is 10.5. The molecule has 4 rings (SSSR count). The lowest BCUT2D eigenvalue weighted by molar-refractivity contribution is -0.137. The number of benzene rings is 2. The average Bonchev–Trinajstić information content (AvgIpc) is 3.16. The number of carbonyl (C=O) groups is 1. The van der Waals surface area contributed by atoms with Gasteiger partial charge in [-0.05, 0) is 30.2 Å². The third-order valence-corrected chi connectivity index (χ3v) is 6.25. The van der Waals surface area contributed by atoms with Gasteiger partial charge < -0.3 is 9.15 Å². The van der Waals surface area contributed by atoms with Crippen LogP contribution in [0.4, 0.5) is 0 Å². The summed E-state index contributed by atoms with van der Waals surface area (Å²) in [5, 5.41) is 1.13. The number of esters is 1. The second-order valence-electron chi connectivity index (χ2n) is 8.20. The summed E-state index contributed by atoms with van der Waals surface area (Å²) in [7, 11) is 0. The van der Waals surface area contributed by atoms with Gasteiger partial charge in [-0.3, -0.25) is 9.59 Å². The third kappa shape index (κ3) is 3.88. The van der Waals surface area contributed by atoms with Gasteiger partial charge in [-0.2, -0.15) is 0 Å². The third-order valence-electron chi connectivity index (χ3n) is 5.20. The summed E-state index contributed by atoms with van der Waals surface area (Å²) < 4.78 is 12.9. The van der Waals surface area contributed by atoms with Crippen LogP contribution < -0.4 is 10.2 Å². The molecule has 0 atom stereocenters. The molecule has 0 saturated heterocycles. The normalized spacial score (nSPS) is 11.7. The Kier molecular flexibility index (Phi) is 5.67. The summed E-state index contributed by atoms with van der Waals surface area (Å²) in [5.74, 6) is 0.444. The molecule has 0 radical (unpaired) electrons. The van der Waals surface area contributed by atoms with Crippen molar-refractivity contribution in [3.63, 3.8) is 0 Å². The van der Waals surface area contributed by atoms with Gasteiger partial charge in [0.05, 0.1) is 27.1 Å². The van der Waals surface area contributed by atoms with E-state index in [4.69, 9.17) is 14.1 Å². The molecular formula is C25H25NO4S. The highest BCUT2D eigenvalue weighted by Gasteiger charge is 2.23. The number of aromatic nitrogens is 1. The maximum atomic E-state index is 13.6. The van der Waals surface area contributed by atoms with E-state index in [1.54, 1.807) is 26.0 Å². The van der Waals surface area contributed by atoms with E-state index in [1.165, 1.54) is 11.3 Å². The van der Waals surface area contributed by atoms with Crippen molar-refractivity contribution in [1.82, 2.24) is 4.98 Å². The molecule has 0 fully saturated rings. The number of hydrogen-bond donors (Lipinski definition) is 0. The largest absolute Gasteiger partial charge is 0.460 e. The number of para-hydroxylation sites is 1. The van der Waals surface area contributed by atoms with E-state index in [0.29, 0.717) is 39.5 Å². The van der Waals surface area contributed by atoms with Crippen LogP contribution in [0.15, 0.2) is 45.6 Å². The molecule has 6 heteroatoms. The highest BCUT2D eigenvalue weighted by molar-refractivity contribution is 7.21. The summed E-state index contributed by atoms with van der Waals surface area (Å²) in [6.07, 6.45) is 0.624. The van der Waals surface area contributed by atoms with Gasteiger partial charge in [-0.25, -0.2) is 4.98 Å². The molecule has 0 aliphatic heterocycles. The molecule has 160 valence electrons. The van der Waals surface area contributed by atoms with Gasteiger partial charge in [0.2, 0.25) is 5.43 Å².